The summed E-state index contributed by atoms with van der Waals surface area (Å²) in [5.74, 6) is 0. The van der Waals surface area contributed by atoms with Gasteiger partial charge in [0.05, 0.1) is 22.1 Å². The standard InChI is InChI=1S/C61H38N2O/c1-7-27-52-44(20-1)45-21-2-8-28-53(45)61(52)54-29-9-3-22-46(54)47-35-34-43(38-55(47)61)62(58-32-15-26-51-50-25-6-12-33-59(50)64-60(51)58)41-18-13-16-39(36-41)40-17-14-19-42(37-40)63-56-30-10-4-23-48(56)49-24-5-11-31-57(49)63/h1-38H. The van der Waals surface area contributed by atoms with Crippen LogP contribution in [0.1, 0.15) is 22.3 Å². The van der Waals surface area contributed by atoms with Gasteiger partial charge in [-0.2, -0.15) is 0 Å². The molecular formula is C61H38N2O. The highest BCUT2D eigenvalue weighted by atomic mass is 16.3. The lowest BCUT2D eigenvalue weighted by Gasteiger charge is -2.32. The number of benzene rings is 10. The molecule has 0 fully saturated rings. The van der Waals surface area contributed by atoms with Gasteiger partial charge in [-0.3, -0.25) is 0 Å². The van der Waals surface area contributed by atoms with Crippen molar-refractivity contribution >= 4 is 60.8 Å². The molecule has 3 heteroatoms. The minimum absolute atomic E-state index is 0.471. The van der Waals surface area contributed by atoms with E-state index in [1.165, 1.54) is 66.3 Å². The molecule has 0 amide bonds. The Morgan fingerprint density at radius 3 is 1.56 bits per heavy atom. The van der Waals surface area contributed by atoms with Crippen LogP contribution in [0.5, 0.6) is 0 Å². The van der Waals surface area contributed by atoms with Crippen molar-refractivity contribution in [3.63, 3.8) is 0 Å². The Morgan fingerprint density at radius 1 is 0.359 bits per heavy atom. The van der Waals surface area contributed by atoms with Crippen LogP contribution in [-0.4, -0.2) is 4.57 Å². The highest BCUT2D eigenvalue weighted by Crippen LogP contribution is 2.63. The molecule has 1 spiro atoms. The van der Waals surface area contributed by atoms with Crippen LogP contribution < -0.4 is 4.90 Å². The third kappa shape index (κ3) is 4.76. The van der Waals surface area contributed by atoms with Gasteiger partial charge in [0.2, 0.25) is 0 Å². The van der Waals surface area contributed by atoms with E-state index in [1.54, 1.807) is 0 Å². The molecule has 2 aliphatic carbocycles. The first-order valence-corrected chi connectivity index (χ1v) is 22.1. The predicted octanol–water partition coefficient (Wildman–Crippen LogP) is 16.2. The zero-order valence-corrected chi connectivity index (χ0v) is 34.7. The maximum atomic E-state index is 6.83. The van der Waals surface area contributed by atoms with Crippen LogP contribution in [0.25, 0.3) is 82.8 Å². The minimum atomic E-state index is -0.471. The Morgan fingerprint density at radius 2 is 0.875 bits per heavy atom. The van der Waals surface area contributed by atoms with Crippen LogP contribution in [0.15, 0.2) is 235 Å². The van der Waals surface area contributed by atoms with E-state index in [-0.39, 0.29) is 0 Å². The Bertz CT molecular complexity index is 3770. The first-order chi connectivity index (χ1) is 31.8. The summed E-state index contributed by atoms with van der Waals surface area (Å²) in [4.78, 5) is 2.41. The van der Waals surface area contributed by atoms with E-state index >= 15 is 0 Å². The molecule has 2 aromatic heterocycles. The molecule has 0 saturated carbocycles. The van der Waals surface area contributed by atoms with Gasteiger partial charge in [-0.15, -0.1) is 0 Å². The molecule has 0 aliphatic heterocycles. The fourth-order valence-corrected chi connectivity index (χ4v) is 11.4. The number of fused-ring (bicyclic) bond motifs is 16. The van der Waals surface area contributed by atoms with Gasteiger partial charge in [0.15, 0.2) is 5.58 Å². The van der Waals surface area contributed by atoms with Crippen molar-refractivity contribution in [2.45, 2.75) is 5.41 Å². The molecule has 3 nitrogen and oxygen atoms in total. The van der Waals surface area contributed by atoms with Crippen LogP contribution in [0, 0.1) is 0 Å². The normalized spacial score (nSPS) is 13.1. The van der Waals surface area contributed by atoms with E-state index in [4.69, 9.17) is 4.42 Å². The lowest BCUT2D eigenvalue weighted by molar-refractivity contribution is 0.669. The molecule has 0 N–H and O–H groups in total. The molecule has 0 saturated heterocycles. The first-order valence-electron chi connectivity index (χ1n) is 22.1. The molecule has 64 heavy (non-hydrogen) atoms. The van der Waals surface area contributed by atoms with Gasteiger partial charge in [0.25, 0.3) is 0 Å². The second-order valence-electron chi connectivity index (χ2n) is 17.2. The topological polar surface area (TPSA) is 21.3 Å². The van der Waals surface area contributed by atoms with Gasteiger partial charge in [0, 0.05) is 38.6 Å². The van der Waals surface area contributed by atoms with E-state index in [0.717, 1.165) is 55.8 Å². The van der Waals surface area contributed by atoms with Crippen molar-refractivity contribution in [1.29, 1.82) is 0 Å². The number of aromatic nitrogens is 1. The fourth-order valence-electron chi connectivity index (χ4n) is 11.4. The number of anilines is 3. The molecule has 10 aromatic carbocycles. The number of rotatable bonds is 5. The van der Waals surface area contributed by atoms with Gasteiger partial charge in [0.1, 0.15) is 5.58 Å². The Labute approximate surface area is 370 Å². The van der Waals surface area contributed by atoms with Gasteiger partial charge in [-0.05, 0) is 116 Å². The van der Waals surface area contributed by atoms with Crippen LogP contribution in [-0.2, 0) is 5.41 Å². The summed E-state index contributed by atoms with van der Waals surface area (Å²) in [6.45, 7) is 0. The van der Waals surface area contributed by atoms with Crippen molar-refractivity contribution < 1.29 is 4.42 Å². The van der Waals surface area contributed by atoms with E-state index in [1.807, 2.05) is 6.07 Å². The second-order valence-corrected chi connectivity index (χ2v) is 17.2. The zero-order chi connectivity index (χ0) is 41.9. The lowest BCUT2D eigenvalue weighted by Crippen LogP contribution is -2.26. The third-order valence-corrected chi connectivity index (χ3v) is 14.0. The number of para-hydroxylation sites is 4. The summed E-state index contributed by atoms with van der Waals surface area (Å²) in [5, 5.41) is 4.71. The van der Waals surface area contributed by atoms with Crippen LogP contribution in [0.3, 0.4) is 0 Å². The van der Waals surface area contributed by atoms with Crippen molar-refractivity contribution in [1.82, 2.24) is 4.57 Å². The molecule has 12 aromatic rings. The summed E-state index contributed by atoms with van der Waals surface area (Å²) in [7, 11) is 0. The summed E-state index contributed by atoms with van der Waals surface area (Å²) in [5.41, 5.74) is 20.6. The molecule has 0 atom stereocenters. The van der Waals surface area contributed by atoms with Gasteiger partial charge >= 0.3 is 0 Å². The third-order valence-electron chi connectivity index (χ3n) is 14.0. The molecule has 0 radical (unpaired) electrons. The van der Waals surface area contributed by atoms with Crippen molar-refractivity contribution in [3.8, 4) is 39.1 Å². The maximum absolute atomic E-state index is 6.83. The van der Waals surface area contributed by atoms with Gasteiger partial charge in [-0.1, -0.05) is 170 Å². The SMILES string of the molecule is c1cc(-c2cccc(-n3c4ccccc4c4ccccc43)c2)cc(N(c2ccc3c(c2)C2(c4ccccc4-c4ccccc42)c2ccccc2-3)c2cccc3c2oc2ccccc23)c1. The second kappa shape index (κ2) is 13.3. The molecule has 298 valence electrons. The molecule has 2 aliphatic rings. The van der Waals surface area contributed by atoms with Crippen molar-refractivity contribution in [2.24, 2.45) is 0 Å². The Kier molecular flexibility index (Phi) is 7.32. The largest absolute Gasteiger partial charge is 0.454 e. The number of hydrogen-bond donors (Lipinski definition) is 0. The van der Waals surface area contributed by atoms with Gasteiger partial charge < -0.3 is 13.9 Å². The summed E-state index contributed by atoms with van der Waals surface area (Å²) < 4.78 is 9.23. The molecule has 2 heterocycles. The van der Waals surface area contributed by atoms with E-state index < -0.39 is 5.41 Å². The van der Waals surface area contributed by atoms with E-state index in [2.05, 4.69) is 234 Å². The van der Waals surface area contributed by atoms with Crippen LogP contribution in [0.4, 0.5) is 17.1 Å². The minimum Gasteiger partial charge on any atom is -0.454 e. The predicted molar refractivity (Wildman–Crippen MR) is 264 cm³/mol. The molecule has 0 unspecified atom stereocenters. The lowest BCUT2D eigenvalue weighted by atomic mass is 9.70. The highest BCUT2D eigenvalue weighted by Gasteiger charge is 2.51. The van der Waals surface area contributed by atoms with E-state index in [9.17, 15) is 0 Å². The summed E-state index contributed by atoms with van der Waals surface area (Å²) in [6.07, 6.45) is 0. The van der Waals surface area contributed by atoms with E-state index in [0.29, 0.717) is 0 Å². The average Bonchev–Trinajstić information content (AvgIpc) is 4.08. The monoisotopic (exact) mass is 814 g/mol. The van der Waals surface area contributed by atoms with Crippen LogP contribution >= 0.6 is 0 Å². The van der Waals surface area contributed by atoms with Crippen molar-refractivity contribution in [2.75, 3.05) is 4.90 Å². The van der Waals surface area contributed by atoms with Crippen molar-refractivity contribution in [3.05, 3.63) is 253 Å². The molecule has 0 bridgehead atoms. The quantitative estimate of drug-likeness (QED) is 0.173. The Balaban J connectivity index is 0.997. The average molecular weight is 815 g/mol. The zero-order valence-electron chi connectivity index (χ0n) is 34.7. The summed E-state index contributed by atoms with van der Waals surface area (Å²) in [6, 6.07) is 84.5. The molecular weight excluding hydrogens is 777 g/mol. The first kappa shape index (κ1) is 35.2. The number of furan rings is 1. The number of nitrogens with zero attached hydrogens (tertiary/aromatic N) is 2. The summed E-state index contributed by atoms with van der Waals surface area (Å²) >= 11 is 0. The highest BCUT2D eigenvalue weighted by molar-refractivity contribution is 6.11. The number of hydrogen-bond acceptors (Lipinski definition) is 2. The van der Waals surface area contributed by atoms with Gasteiger partial charge in [-0.25, -0.2) is 0 Å². The molecule has 14 rings (SSSR count). The van der Waals surface area contributed by atoms with Crippen LogP contribution in [0.2, 0.25) is 0 Å². The Hall–Kier alpha value is -8.40. The fraction of sp³-hybridized carbons (Fsp3) is 0.0164. The maximum Gasteiger partial charge on any atom is 0.159 e. The smallest absolute Gasteiger partial charge is 0.159 e.